The van der Waals surface area contributed by atoms with Crippen molar-refractivity contribution in [3.63, 3.8) is 0 Å². The molecule has 1 aliphatic rings. The molecular formula is C10H22O. The Morgan fingerprint density at radius 3 is 2.36 bits per heavy atom. The Morgan fingerprint density at radius 1 is 1.36 bits per heavy atom. The van der Waals surface area contributed by atoms with Crippen LogP contribution in [-0.2, 0) is 4.74 Å². The molecule has 2 unspecified atom stereocenters. The molecule has 0 N–H and O–H groups in total. The molecule has 0 saturated carbocycles. The van der Waals surface area contributed by atoms with Crippen LogP contribution in [0.2, 0.25) is 0 Å². The Labute approximate surface area is 71.1 Å². The molecule has 0 amide bonds. The summed E-state index contributed by atoms with van der Waals surface area (Å²) in [6.45, 7) is 9.46. The number of rotatable bonds is 2. The molecule has 68 valence electrons. The van der Waals surface area contributed by atoms with Crippen molar-refractivity contribution in [3.8, 4) is 0 Å². The maximum atomic E-state index is 5.51. The zero-order valence-electron chi connectivity index (χ0n) is 8.39. The van der Waals surface area contributed by atoms with Gasteiger partial charge in [-0.3, -0.25) is 0 Å². The van der Waals surface area contributed by atoms with Crippen LogP contribution in [0.5, 0.6) is 0 Å². The monoisotopic (exact) mass is 158 g/mol. The largest absolute Gasteiger partial charge is 0.378 e. The summed E-state index contributed by atoms with van der Waals surface area (Å²) in [4.78, 5) is 0. The number of hydrogen-bond donors (Lipinski definition) is 0. The molecule has 0 bridgehead atoms. The van der Waals surface area contributed by atoms with E-state index in [0.717, 1.165) is 12.5 Å². The zero-order valence-corrected chi connectivity index (χ0v) is 8.39. The lowest BCUT2D eigenvalue weighted by Crippen LogP contribution is -2.02. The van der Waals surface area contributed by atoms with E-state index in [1.807, 2.05) is 13.8 Å². The van der Waals surface area contributed by atoms with Gasteiger partial charge in [-0.2, -0.15) is 0 Å². The Hall–Kier alpha value is -0.0400. The van der Waals surface area contributed by atoms with E-state index in [1.54, 1.807) is 0 Å². The highest BCUT2D eigenvalue weighted by Gasteiger charge is 2.20. The summed E-state index contributed by atoms with van der Waals surface area (Å²) in [5.41, 5.74) is 0. The fraction of sp³-hybridized carbons (Fsp3) is 1.00. The molecule has 1 heteroatoms. The van der Waals surface area contributed by atoms with E-state index < -0.39 is 0 Å². The molecule has 0 spiro atoms. The average molecular weight is 158 g/mol. The summed E-state index contributed by atoms with van der Waals surface area (Å²) < 4.78 is 5.51. The van der Waals surface area contributed by atoms with E-state index in [4.69, 9.17) is 4.74 Å². The van der Waals surface area contributed by atoms with Crippen molar-refractivity contribution in [2.45, 2.75) is 53.1 Å². The van der Waals surface area contributed by atoms with E-state index in [1.165, 1.54) is 19.3 Å². The van der Waals surface area contributed by atoms with Gasteiger partial charge in [-0.1, -0.05) is 34.1 Å². The third-order valence-electron chi connectivity index (χ3n) is 1.89. The molecule has 0 radical (unpaired) electrons. The topological polar surface area (TPSA) is 9.23 Å². The predicted octanol–water partition coefficient (Wildman–Crippen LogP) is 3.24. The van der Waals surface area contributed by atoms with Crippen molar-refractivity contribution in [1.82, 2.24) is 0 Å². The molecule has 1 fully saturated rings. The van der Waals surface area contributed by atoms with Crippen LogP contribution < -0.4 is 0 Å². The van der Waals surface area contributed by atoms with Crippen LogP contribution in [0.3, 0.4) is 0 Å². The molecule has 0 aromatic carbocycles. The van der Waals surface area contributed by atoms with Crippen molar-refractivity contribution < 1.29 is 4.74 Å². The summed E-state index contributed by atoms with van der Waals surface area (Å²) in [7, 11) is 0. The third kappa shape index (κ3) is 4.41. The normalized spacial score (nSPS) is 29.5. The highest BCUT2D eigenvalue weighted by Crippen LogP contribution is 2.21. The van der Waals surface area contributed by atoms with Crippen molar-refractivity contribution in [3.05, 3.63) is 0 Å². The summed E-state index contributed by atoms with van der Waals surface area (Å²) in [5.74, 6) is 0.807. The highest BCUT2D eigenvalue weighted by molar-refractivity contribution is 4.69. The van der Waals surface area contributed by atoms with Crippen molar-refractivity contribution in [2.75, 3.05) is 6.61 Å². The molecule has 1 heterocycles. The summed E-state index contributed by atoms with van der Waals surface area (Å²) in [6, 6.07) is 0. The molecule has 1 rings (SSSR count). The van der Waals surface area contributed by atoms with Crippen LogP contribution in [-0.4, -0.2) is 12.7 Å². The average Bonchev–Trinajstić information content (AvgIpc) is 2.41. The van der Waals surface area contributed by atoms with Crippen LogP contribution >= 0.6 is 0 Å². The van der Waals surface area contributed by atoms with Gasteiger partial charge in [0.05, 0.1) is 6.10 Å². The quantitative estimate of drug-likeness (QED) is 0.599. The molecule has 0 aliphatic carbocycles. The predicted molar refractivity (Wildman–Crippen MR) is 49.8 cm³/mol. The lowest BCUT2D eigenvalue weighted by molar-refractivity contribution is 0.100. The minimum atomic E-state index is 0.588. The maximum Gasteiger partial charge on any atom is 0.0578 e. The minimum Gasteiger partial charge on any atom is -0.378 e. The summed E-state index contributed by atoms with van der Waals surface area (Å²) in [6.07, 6.45) is 4.39. The van der Waals surface area contributed by atoms with Crippen LogP contribution in [0.1, 0.15) is 47.0 Å². The van der Waals surface area contributed by atoms with Crippen LogP contribution in [0.4, 0.5) is 0 Å². The summed E-state index contributed by atoms with van der Waals surface area (Å²) in [5, 5.41) is 0. The Bertz CT molecular complexity index is 78.9. The second-order valence-electron chi connectivity index (χ2n) is 3.08. The van der Waals surface area contributed by atoms with E-state index in [2.05, 4.69) is 13.8 Å². The van der Waals surface area contributed by atoms with Gasteiger partial charge in [0.2, 0.25) is 0 Å². The van der Waals surface area contributed by atoms with Gasteiger partial charge < -0.3 is 4.74 Å². The van der Waals surface area contributed by atoms with E-state index in [0.29, 0.717) is 6.10 Å². The van der Waals surface area contributed by atoms with Gasteiger partial charge in [-0.05, 0) is 18.8 Å². The van der Waals surface area contributed by atoms with E-state index in [-0.39, 0.29) is 0 Å². The summed E-state index contributed by atoms with van der Waals surface area (Å²) >= 11 is 0. The number of ether oxygens (including phenoxy) is 1. The van der Waals surface area contributed by atoms with Gasteiger partial charge in [0, 0.05) is 6.61 Å². The van der Waals surface area contributed by atoms with Gasteiger partial charge in [0.15, 0.2) is 0 Å². The molecular weight excluding hydrogens is 136 g/mol. The second kappa shape index (κ2) is 6.66. The first kappa shape index (κ1) is 11.0. The van der Waals surface area contributed by atoms with Gasteiger partial charge in [-0.15, -0.1) is 0 Å². The first-order valence-corrected chi connectivity index (χ1v) is 4.94. The lowest BCUT2D eigenvalue weighted by Gasteiger charge is -2.04. The van der Waals surface area contributed by atoms with E-state index >= 15 is 0 Å². The van der Waals surface area contributed by atoms with Crippen molar-refractivity contribution in [2.24, 2.45) is 5.92 Å². The Morgan fingerprint density at radius 2 is 2.00 bits per heavy atom. The van der Waals surface area contributed by atoms with Gasteiger partial charge in [-0.25, -0.2) is 0 Å². The second-order valence-corrected chi connectivity index (χ2v) is 3.08. The molecule has 1 nitrogen and oxygen atoms in total. The molecule has 1 saturated heterocycles. The van der Waals surface area contributed by atoms with Crippen molar-refractivity contribution in [1.29, 1.82) is 0 Å². The third-order valence-corrected chi connectivity index (χ3v) is 1.89. The maximum absolute atomic E-state index is 5.51. The molecule has 1 aliphatic heterocycles. The minimum absolute atomic E-state index is 0.588. The first-order valence-electron chi connectivity index (χ1n) is 4.94. The smallest absolute Gasteiger partial charge is 0.0578 e. The van der Waals surface area contributed by atoms with Crippen molar-refractivity contribution >= 4 is 0 Å². The van der Waals surface area contributed by atoms with Crippen LogP contribution in [0.15, 0.2) is 0 Å². The lowest BCUT2D eigenvalue weighted by atomic mass is 10.1. The molecule has 0 aromatic rings. The molecule has 0 aromatic heterocycles. The van der Waals surface area contributed by atoms with E-state index in [9.17, 15) is 0 Å². The zero-order chi connectivity index (χ0) is 8.69. The molecule has 2 atom stereocenters. The Balaban J connectivity index is 0.000000461. The number of hydrogen-bond acceptors (Lipinski definition) is 1. The first-order chi connectivity index (χ1) is 5.33. The van der Waals surface area contributed by atoms with Gasteiger partial charge >= 0.3 is 0 Å². The van der Waals surface area contributed by atoms with Gasteiger partial charge in [0.25, 0.3) is 0 Å². The fourth-order valence-electron chi connectivity index (χ4n) is 1.41. The van der Waals surface area contributed by atoms with Crippen LogP contribution in [0, 0.1) is 5.92 Å². The van der Waals surface area contributed by atoms with Crippen LogP contribution in [0.25, 0.3) is 0 Å². The highest BCUT2D eigenvalue weighted by atomic mass is 16.5. The molecule has 11 heavy (non-hydrogen) atoms. The fourth-order valence-corrected chi connectivity index (χ4v) is 1.41. The Kier molecular flexibility index (Phi) is 6.63. The SMILES string of the molecule is CC.CCCC1CC(C)CO1. The van der Waals surface area contributed by atoms with Gasteiger partial charge in [0.1, 0.15) is 0 Å². The standard InChI is InChI=1S/C8H16O.C2H6/c1-3-4-8-5-7(2)6-9-8;1-2/h7-8H,3-6H2,1-2H3;1-2H3.